The van der Waals surface area contributed by atoms with Crippen molar-refractivity contribution in [2.45, 2.75) is 39.5 Å². The first-order valence-electron chi connectivity index (χ1n) is 10.3. The summed E-state index contributed by atoms with van der Waals surface area (Å²) in [6, 6.07) is 5.12. The predicted molar refractivity (Wildman–Crippen MR) is 115 cm³/mol. The van der Waals surface area contributed by atoms with Crippen LogP contribution in [0, 0.1) is 45.2 Å². The summed E-state index contributed by atoms with van der Waals surface area (Å²) in [6.45, 7) is 7.49. The third-order valence-corrected chi connectivity index (χ3v) is 5.99. The summed E-state index contributed by atoms with van der Waals surface area (Å²) >= 11 is 0. The molecule has 3 aromatic rings. The van der Waals surface area contributed by atoms with Crippen LogP contribution in [-0.4, -0.2) is 27.5 Å². The summed E-state index contributed by atoms with van der Waals surface area (Å²) in [5, 5.41) is 2.82. The largest absolute Gasteiger partial charge is 0.489 e. The quantitative estimate of drug-likeness (QED) is 0.619. The van der Waals surface area contributed by atoms with Gasteiger partial charge in [0, 0.05) is 17.7 Å². The maximum Gasteiger partial charge on any atom is 0.229 e. The van der Waals surface area contributed by atoms with Crippen LogP contribution in [0.15, 0.2) is 36.7 Å². The summed E-state index contributed by atoms with van der Waals surface area (Å²) < 4.78 is 34.0. The normalized spacial score (nSPS) is 19.5. The molecule has 0 unspecified atom stereocenters. The number of carbonyl (C=O) groups is 1. The van der Waals surface area contributed by atoms with Crippen LogP contribution in [0.1, 0.15) is 34.6 Å². The van der Waals surface area contributed by atoms with Crippen molar-refractivity contribution in [1.82, 2.24) is 15.0 Å². The Morgan fingerprint density at radius 1 is 1.06 bits per heavy atom. The Morgan fingerprint density at radius 3 is 2.44 bits per heavy atom. The minimum Gasteiger partial charge on any atom is -0.489 e. The third kappa shape index (κ3) is 4.30. The minimum atomic E-state index is -0.871. The van der Waals surface area contributed by atoms with Gasteiger partial charge in [-0.2, -0.15) is 0 Å². The Balaban J connectivity index is 1.60. The van der Waals surface area contributed by atoms with Crippen LogP contribution >= 0.6 is 0 Å². The highest BCUT2D eigenvalue weighted by Crippen LogP contribution is 2.55. The second-order valence-corrected chi connectivity index (χ2v) is 8.37. The number of nitrogens with zero attached hydrogens (tertiary/aromatic N) is 3. The van der Waals surface area contributed by atoms with Crippen molar-refractivity contribution in [3.8, 4) is 5.75 Å². The van der Waals surface area contributed by atoms with Gasteiger partial charge in [0.25, 0.3) is 0 Å². The van der Waals surface area contributed by atoms with Gasteiger partial charge in [-0.1, -0.05) is 0 Å². The SMILES string of the molecule is Cc1ncc(OC[C@@]2(c3cc(F)cc(F)c3)C[C@H]2C(=O)Nc2cc(C)c(C)cn2)c(C)n1. The van der Waals surface area contributed by atoms with Crippen molar-refractivity contribution in [3.05, 3.63) is 76.5 Å². The van der Waals surface area contributed by atoms with Crippen LogP contribution in [0.25, 0.3) is 0 Å². The Kier molecular flexibility index (Phi) is 5.62. The molecule has 6 nitrogen and oxygen atoms in total. The minimum absolute atomic E-state index is 0.0571. The number of halogens is 2. The lowest BCUT2D eigenvalue weighted by atomic mass is 9.93. The maximum absolute atomic E-state index is 14.0. The van der Waals surface area contributed by atoms with Gasteiger partial charge in [0.05, 0.1) is 24.4 Å². The molecular formula is C24H24F2N4O2. The average molecular weight is 438 g/mol. The van der Waals surface area contributed by atoms with Crippen LogP contribution in [0.5, 0.6) is 5.75 Å². The van der Waals surface area contributed by atoms with Gasteiger partial charge in [-0.05, 0) is 69.0 Å². The van der Waals surface area contributed by atoms with Crippen molar-refractivity contribution in [3.63, 3.8) is 0 Å². The lowest BCUT2D eigenvalue weighted by Crippen LogP contribution is -2.27. The van der Waals surface area contributed by atoms with Crippen molar-refractivity contribution >= 4 is 11.7 Å². The number of ether oxygens (including phenoxy) is 1. The number of carbonyl (C=O) groups excluding carboxylic acids is 1. The lowest BCUT2D eigenvalue weighted by molar-refractivity contribution is -0.117. The second kappa shape index (κ2) is 8.26. The van der Waals surface area contributed by atoms with Crippen LogP contribution in [-0.2, 0) is 10.2 Å². The summed E-state index contributed by atoms with van der Waals surface area (Å²) in [7, 11) is 0. The van der Waals surface area contributed by atoms with E-state index >= 15 is 0 Å². The van der Waals surface area contributed by atoms with Gasteiger partial charge in [0.15, 0.2) is 5.75 Å². The number of nitrogens with one attached hydrogen (secondary N) is 1. The molecule has 0 spiro atoms. The maximum atomic E-state index is 14.0. The van der Waals surface area contributed by atoms with Crippen molar-refractivity contribution in [2.75, 3.05) is 11.9 Å². The number of anilines is 1. The van der Waals surface area contributed by atoms with E-state index in [0.717, 1.165) is 17.2 Å². The fourth-order valence-corrected chi connectivity index (χ4v) is 3.88. The molecule has 0 aliphatic heterocycles. The van der Waals surface area contributed by atoms with E-state index < -0.39 is 23.0 Å². The average Bonchev–Trinajstić information content (AvgIpc) is 3.46. The van der Waals surface area contributed by atoms with Gasteiger partial charge in [0.2, 0.25) is 5.91 Å². The van der Waals surface area contributed by atoms with Gasteiger partial charge in [0.1, 0.15) is 23.3 Å². The Bertz CT molecular complexity index is 1180. The highest BCUT2D eigenvalue weighted by Gasteiger charge is 2.60. The van der Waals surface area contributed by atoms with E-state index in [0.29, 0.717) is 35.1 Å². The summed E-state index contributed by atoms with van der Waals surface area (Å²) in [6.07, 6.45) is 3.64. The zero-order chi connectivity index (χ0) is 23.0. The molecule has 32 heavy (non-hydrogen) atoms. The highest BCUT2D eigenvalue weighted by atomic mass is 19.1. The lowest BCUT2D eigenvalue weighted by Gasteiger charge is -2.20. The van der Waals surface area contributed by atoms with E-state index in [1.54, 1.807) is 32.3 Å². The topological polar surface area (TPSA) is 77.0 Å². The van der Waals surface area contributed by atoms with E-state index in [1.165, 1.54) is 12.1 Å². The molecule has 1 amide bonds. The van der Waals surface area contributed by atoms with Gasteiger partial charge in [-0.15, -0.1) is 0 Å². The van der Waals surface area contributed by atoms with Crippen LogP contribution in [0.4, 0.5) is 14.6 Å². The van der Waals surface area contributed by atoms with Crippen LogP contribution in [0.2, 0.25) is 0 Å². The summed E-state index contributed by atoms with van der Waals surface area (Å²) in [5.74, 6) is -0.681. The zero-order valence-electron chi connectivity index (χ0n) is 18.4. The molecule has 0 saturated heterocycles. The number of amides is 1. The van der Waals surface area contributed by atoms with Gasteiger partial charge < -0.3 is 10.1 Å². The number of aromatic nitrogens is 3. The number of benzene rings is 1. The molecule has 1 aliphatic rings. The standard InChI is InChI=1S/C24H24F2N4O2/c1-13-5-22(28-10-14(13)2)30-23(31)20-9-24(20,17-6-18(25)8-19(26)7-17)12-32-21-11-27-16(4)29-15(21)3/h5-8,10-11,20H,9,12H2,1-4H3,(H,28,30,31)/t20-,24+/m0/s1. The highest BCUT2D eigenvalue weighted by molar-refractivity contribution is 5.95. The number of rotatable bonds is 6. The number of hydrogen-bond donors (Lipinski definition) is 1. The van der Waals surface area contributed by atoms with E-state index in [4.69, 9.17) is 4.74 Å². The summed E-state index contributed by atoms with van der Waals surface area (Å²) in [5.41, 5.74) is 2.18. The van der Waals surface area contributed by atoms with Crippen molar-refractivity contribution in [1.29, 1.82) is 0 Å². The molecule has 0 bridgehead atoms. The van der Waals surface area contributed by atoms with Crippen molar-refractivity contribution < 1.29 is 18.3 Å². The van der Waals surface area contributed by atoms with E-state index in [1.807, 2.05) is 13.8 Å². The molecule has 1 aromatic carbocycles. The van der Waals surface area contributed by atoms with Crippen LogP contribution < -0.4 is 10.1 Å². The summed E-state index contributed by atoms with van der Waals surface area (Å²) in [4.78, 5) is 25.7. The Hall–Kier alpha value is -3.42. The van der Waals surface area contributed by atoms with Gasteiger partial charge in [-0.25, -0.2) is 23.7 Å². The molecule has 1 fully saturated rings. The molecule has 1 N–H and O–H groups in total. The van der Waals surface area contributed by atoms with Gasteiger partial charge in [-0.3, -0.25) is 4.79 Å². The molecule has 2 heterocycles. The first kappa shape index (κ1) is 21.8. The Labute approximate surface area is 185 Å². The first-order chi connectivity index (χ1) is 15.2. The molecule has 2 aromatic heterocycles. The van der Waals surface area contributed by atoms with E-state index in [2.05, 4.69) is 20.3 Å². The number of aryl methyl sites for hydroxylation is 4. The number of pyridine rings is 1. The van der Waals surface area contributed by atoms with Crippen molar-refractivity contribution in [2.24, 2.45) is 5.92 Å². The number of hydrogen-bond acceptors (Lipinski definition) is 5. The van der Waals surface area contributed by atoms with E-state index in [-0.39, 0.29) is 12.5 Å². The molecule has 1 aliphatic carbocycles. The fraction of sp³-hybridized carbons (Fsp3) is 0.333. The zero-order valence-corrected chi connectivity index (χ0v) is 18.4. The molecule has 2 atom stereocenters. The van der Waals surface area contributed by atoms with Gasteiger partial charge >= 0.3 is 0 Å². The fourth-order valence-electron chi connectivity index (χ4n) is 3.88. The first-order valence-corrected chi connectivity index (χ1v) is 10.3. The predicted octanol–water partition coefficient (Wildman–Crippen LogP) is 4.36. The molecular weight excluding hydrogens is 414 g/mol. The smallest absolute Gasteiger partial charge is 0.229 e. The third-order valence-electron chi connectivity index (χ3n) is 5.99. The molecule has 1 saturated carbocycles. The molecule has 8 heteroatoms. The van der Waals surface area contributed by atoms with E-state index in [9.17, 15) is 13.6 Å². The molecule has 4 rings (SSSR count). The molecule has 166 valence electrons. The van der Waals surface area contributed by atoms with Crippen LogP contribution in [0.3, 0.4) is 0 Å². The second-order valence-electron chi connectivity index (χ2n) is 8.37. The Morgan fingerprint density at radius 2 is 1.78 bits per heavy atom. The molecule has 0 radical (unpaired) electrons. The monoisotopic (exact) mass is 438 g/mol.